The number of hydrogen-bond donors (Lipinski definition) is 1. The van der Waals surface area contributed by atoms with Crippen molar-refractivity contribution in [3.05, 3.63) is 68.5 Å². The van der Waals surface area contributed by atoms with Crippen LogP contribution in [0.3, 0.4) is 0 Å². The van der Waals surface area contributed by atoms with Crippen molar-refractivity contribution in [2.75, 3.05) is 7.05 Å². The van der Waals surface area contributed by atoms with Crippen molar-refractivity contribution in [1.82, 2.24) is 5.32 Å². The lowest BCUT2D eigenvalue weighted by atomic mass is 9.99. The Kier molecular flexibility index (Phi) is 5.04. The average molecular weight is 391 g/mol. The van der Waals surface area contributed by atoms with Crippen LogP contribution in [0, 0.1) is 21.0 Å². The highest BCUT2D eigenvalue weighted by Crippen LogP contribution is 2.24. The second-order valence-electron chi connectivity index (χ2n) is 4.49. The molecular formula is C15H13F3IN. The zero-order valence-corrected chi connectivity index (χ0v) is 12.9. The molecule has 0 aliphatic carbocycles. The molecule has 0 aliphatic heterocycles. The van der Waals surface area contributed by atoms with Gasteiger partial charge in [0.1, 0.15) is 17.5 Å². The molecule has 0 aromatic heterocycles. The van der Waals surface area contributed by atoms with E-state index in [-0.39, 0.29) is 11.9 Å². The van der Waals surface area contributed by atoms with Gasteiger partial charge in [0.25, 0.3) is 0 Å². The summed E-state index contributed by atoms with van der Waals surface area (Å²) in [5.41, 5.74) is 1.46. The molecule has 20 heavy (non-hydrogen) atoms. The molecule has 1 unspecified atom stereocenters. The number of likely N-dealkylation sites (N-methyl/N-ethyl adjacent to an activating group) is 1. The zero-order valence-electron chi connectivity index (χ0n) is 10.8. The van der Waals surface area contributed by atoms with Gasteiger partial charge in [-0.15, -0.1) is 0 Å². The third kappa shape index (κ3) is 3.73. The predicted octanol–water partition coefficient (Wildman–Crippen LogP) is 4.21. The zero-order chi connectivity index (χ0) is 14.7. The Morgan fingerprint density at radius 1 is 1.00 bits per heavy atom. The second kappa shape index (κ2) is 6.58. The van der Waals surface area contributed by atoms with Crippen molar-refractivity contribution >= 4 is 22.6 Å². The highest BCUT2D eigenvalue weighted by molar-refractivity contribution is 14.1. The Morgan fingerprint density at radius 2 is 1.65 bits per heavy atom. The molecule has 0 fully saturated rings. The van der Waals surface area contributed by atoms with Crippen molar-refractivity contribution in [3.63, 3.8) is 0 Å². The fourth-order valence-electron chi connectivity index (χ4n) is 2.12. The minimum absolute atomic E-state index is 0.135. The number of nitrogens with one attached hydrogen (secondary N) is 1. The summed E-state index contributed by atoms with van der Waals surface area (Å²) in [6, 6.07) is 7.84. The highest BCUT2D eigenvalue weighted by atomic mass is 127. The third-order valence-electron chi connectivity index (χ3n) is 3.05. The van der Waals surface area contributed by atoms with E-state index in [9.17, 15) is 13.2 Å². The van der Waals surface area contributed by atoms with Gasteiger partial charge in [0, 0.05) is 15.7 Å². The summed E-state index contributed by atoms with van der Waals surface area (Å²) in [6.07, 6.45) is 0.423. The average Bonchev–Trinajstić information content (AvgIpc) is 2.35. The van der Waals surface area contributed by atoms with Gasteiger partial charge in [0.05, 0.1) is 0 Å². The number of hydrogen-bond acceptors (Lipinski definition) is 1. The molecule has 0 radical (unpaired) electrons. The molecule has 0 heterocycles. The van der Waals surface area contributed by atoms with Crippen LogP contribution in [0.5, 0.6) is 0 Å². The molecule has 2 rings (SSSR count). The lowest BCUT2D eigenvalue weighted by molar-refractivity contribution is 0.559. The van der Waals surface area contributed by atoms with Gasteiger partial charge in [-0.2, -0.15) is 0 Å². The van der Waals surface area contributed by atoms with E-state index in [0.29, 0.717) is 12.0 Å². The molecule has 0 saturated heterocycles. The van der Waals surface area contributed by atoms with E-state index >= 15 is 0 Å². The maximum Gasteiger partial charge on any atom is 0.126 e. The number of halogens is 4. The van der Waals surface area contributed by atoms with Crippen molar-refractivity contribution in [2.45, 2.75) is 12.5 Å². The Labute approximate surface area is 129 Å². The largest absolute Gasteiger partial charge is 0.313 e. The van der Waals surface area contributed by atoms with Gasteiger partial charge in [-0.25, -0.2) is 13.2 Å². The molecule has 1 nitrogen and oxygen atoms in total. The number of rotatable bonds is 4. The fraction of sp³-hybridized carbons (Fsp3) is 0.200. The van der Waals surface area contributed by atoms with E-state index in [4.69, 9.17) is 0 Å². The van der Waals surface area contributed by atoms with Crippen LogP contribution in [0.1, 0.15) is 17.2 Å². The SMILES string of the molecule is CNC(Cc1cc(F)cc(F)c1)c1ccc(F)cc1I. The van der Waals surface area contributed by atoms with Crippen LogP contribution >= 0.6 is 22.6 Å². The summed E-state index contributed by atoms with van der Waals surface area (Å²) < 4.78 is 40.3. The van der Waals surface area contributed by atoms with Crippen LogP contribution in [-0.4, -0.2) is 7.05 Å². The molecule has 5 heteroatoms. The Bertz CT molecular complexity index is 596. The van der Waals surface area contributed by atoms with Gasteiger partial charge in [0.2, 0.25) is 0 Å². The van der Waals surface area contributed by atoms with Crippen LogP contribution in [-0.2, 0) is 6.42 Å². The second-order valence-corrected chi connectivity index (χ2v) is 5.65. The van der Waals surface area contributed by atoms with E-state index < -0.39 is 11.6 Å². The van der Waals surface area contributed by atoms with E-state index in [1.54, 1.807) is 13.1 Å². The predicted molar refractivity (Wildman–Crippen MR) is 81.0 cm³/mol. The van der Waals surface area contributed by atoms with Gasteiger partial charge in [-0.05, 0) is 71.5 Å². The Hall–Kier alpha value is -1.08. The maximum atomic E-state index is 13.2. The molecule has 1 N–H and O–H groups in total. The smallest absolute Gasteiger partial charge is 0.126 e. The van der Waals surface area contributed by atoms with E-state index in [1.165, 1.54) is 24.3 Å². The minimum atomic E-state index is -0.594. The topological polar surface area (TPSA) is 12.0 Å². The lowest BCUT2D eigenvalue weighted by Gasteiger charge is -2.18. The summed E-state index contributed by atoms with van der Waals surface area (Å²) in [5.74, 6) is -1.49. The molecule has 0 saturated carbocycles. The van der Waals surface area contributed by atoms with Crippen molar-refractivity contribution < 1.29 is 13.2 Å². The van der Waals surface area contributed by atoms with Crippen LogP contribution in [0.25, 0.3) is 0 Å². The summed E-state index contributed by atoms with van der Waals surface area (Å²) in [6.45, 7) is 0. The van der Waals surface area contributed by atoms with E-state index in [1.807, 2.05) is 0 Å². The molecule has 1 atom stereocenters. The van der Waals surface area contributed by atoms with Gasteiger partial charge in [-0.3, -0.25) is 0 Å². The summed E-state index contributed by atoms with van der Waals surface area (Å²) in [4.78, 5) is 0. The quantitative estimate of drug-likeness (QED) is 0.771. The van der Waals surface area contributed by atoms with Crippen molar-refractivity contribution in [3.8, 4) is 0 Å². The van der Waals surface area contributed by atoms with Gasteiger partial charge in [-0.1, -0.05) is 6.07 Å². The van der Waals surface area contributed by atoms with Crippen LogP contribution in [0.15, 0.2) is 36.4 Å². The highest BCUT2D eigenvalue weighted by Gasteiger charge is 2.15. The molecule has 0 amide bonds. The van der Waals surface area contributed by atoms with Gasteiger partial charge in [0.15, 0.2) is 0 Å². The molecule has 0 bridgehead atoms. The minimum Gasteiger partial charge on any atom is -0.313 e. The number of benzene rings is 2. The Morgan fingerprint density at radius 3 is 2.20 bits per heavy atom. The van der Waals surface area contributed by atoms with Crippen LogP contribution in [0.2, 0.25) is 0 Å². The molecule has 0 spiro atoms. The summed E-state index contributed by atoms with van der Waals surface area (Å²) in [5, 5.41) is 3.09. The molecule has 2 aromatic rings. The first-order valence-electron chi connectivity index (χ1n) is 6.07. The van der Waals surface area contributed by atoms with E-state index in [2.05, 4.69) is 27.9 Å². The first kappa shape index (κ1) is 15.3. The van der Waals surface area contributed by atoms with Crippen LogP contribution in [0.4, 0.5) is 13.2 Å². The van der Waals surface area contributed by atoms with E-state index in [0.717, 1.165) is 15.2 Å². The van der Waals surface area contributed by atoms with Gasteiger partial charge < -0.3 is 5.32 Å². The fourth-order valence-corrected chi connectivity index (χ4v) is 2.97. The Balaban J connectivity index is 2.28. The normalized spacial score (nSPS) is 12.4. The third-order valence-corrected chi connectivity index (χ3v) is 3.98. The van der Waals surface area contributed by atoms with Gasteiger partial charge >= 0.3 is 0 Å². The summed E-state index contributed by atoms with van der Waals surface area (Å²) >= 11 is 2.05. The molecule has 106 valence electrons. The maximum absolute atomic E-state index is 13.2. The van der Waals surface area contributed by atoms with Crippen molar-refractivity contribution in [1.29, 1.82) is 0 Å². The first-order valence-corrected chi connectivity index (χ1v) is 7.14. The monoisotopic (exact) mass is 391 g/mol. The standard InChI is InChI=1S/C15H13F3IN/c1-20-15(13-3-2-10(16)8-14(13)19)6-9-4-11(17)7-12(18)5-9/h2-5,7-8,15,20H,6H2,1H3. The van der Waals surface area contributed by atoms with Crippen molar-refractivity contribution in [2.24, 2.45) is 0 Å². The first-order chi connectivity index (χ1) is 9.49. The molecule has 2 aromatic carbocycles. The summed E-state index contributed by atoms with van der Waals surface area (Å²) in [7, 11) is 1.76. The molecule has 0 aliphatic rings. The van der Waals surface area contributed by atoms with Crippen LogP contribution < -0.4 is 5.32 Å². The lowest BCUT2D eigenvalue weighted by Crippen LogP contribution is -2.20. The molecular weight excluding hydrogens is 378 g/mol.